The van der Waals surface area contributed by atoms with Crippen LogP contribution < -0.4 is 4.74 Å². The number of hydrogen-bond donors (Lipinski definition) is 0. The fraction of sp³-hybridized carbons (Fsp3) is 0.286. The zero-order valence-corrected chi connectivity index (χ0v) is 8.99. The van der Waals surface area contributed by atoms with Gasteiger partial charge in [0.1, 0.15) is 16.2 Å². The first-order valence-corrected chi connectivity index (χ1v) is 4.43. The number of alkyl halides is 2. The van der Waals surface area contributed by atoms with Crippen LogP contribution in [0.25, 0.3) is 0 Å². The van der Waals surface area contributed by atoms with Crippen LogP contribution in [0.4, 0.5) is 14.5 Å². The Hall–Kier alpha value is -1.31. The number of methoxy groups -OCH3 is 1. The molecule has 0 aliphatic heterocycles. The summed E-state index contributed by atoms with van der Waals surface area (Å²) in [5.41, 5.74) is -1.14. The van der Waals surface area contributed by atoms with Crippen LogP contribution in [-0.2, 0) is 0 Å². The highest BCUT2D eigenvalue weighted by atomic mass is 79.9. The van der Waals surface area contributed by atoms with Crippen LogP contribution in [0.15, 0.2) is 10.7 Å². The minimum atomic E-state index is -2.90. The van der Waals surface area contributed by atoms with Gasteiger partial charge in [0.15, 0.2) is 0 Å². The molecular formula is C7H5BrF2N2O3. The summed E-state index contributed by atoms with van der Waals surface area (Å²) in [6.45, 7) is 0. The van der Waals surface area contributed by atoms with Crippen molar-refractivity contribution in [2.45, 2.75) is 6.43 Å². The largest absolute Gasteiger partial charge is 0.481 e. The van der Waals surface area contributed by atoms with E-state index in [1.165, 1.54) is 0 Å². The normalized spacial score (nSPS) is 10.5. The minimum absolute atomic E-state index is 0.311. The van der Waals surface area contributed by atoms with Crippen molar-refractivity contribution in [3.05, 3.63) is 26.3 Å². The van der Waals surface area contributed by atoms with Gasteiger partial charge in [0, 0.05) is 0 Å². The van der Waals surface area contributed by atoms with E-state index in [9.17, 15) is 18.9 Å². The molecule has 0 amide bonds. The smallest absolute Gasteiger partial charge is 0.302 e. The summed E-state index contributed by atoms with van der Waals surface area (Å²) < 4.78 is 29.4. The van der Waals surface area contributed by atoms with Gasteiger partial charge in [-0.2, -0.15) is 0 Å². The fourth-order valence-electron chi connectivity index (χ4n) is 0.957. The first-order chi connectivity index (χ1) is 6.99. The highest BCUT2D eigenvalue weighted by Crippen LogP contribution is 2.38. The van der Waals surface area contributed by atoms with E-state index in [4.69, 9.17) is 0 Å². The van der Waals surface area contributed by atoms with Crippen molar-refractivity contribution in [3.8, 4) is 5.88 Å². The van der Waals surface area contributed by atoms with Crippen molar-refractivity contribution >= 4 is 21.6 Å². The Morgan fingerprint density at radius 3 is 2.67 bits per heavy atom. The van der Waals surface area contributed by atoms with Crippen LogP contribution in [0.2, 0.25) is 0 Å². The number of ether oxygens (including phenoxy) is 1. The second kappa shape index (κ2) is 4.47. The number of halogens is 3. The van der Waals surface area contributed by atoms with E-state index in [0.29, 0.717) is 0 Å². The third kappa shape index (κ3) is 2.20. The summed E-state index contributed by atoms with van der Waals surface area (Å²) in [4.78, 5) is 13.1. The summed E-state index contributed by atoms with van der Waals surface area (Å²) in [6, 6.07) is 0. The molecule has 0 spiro atoms. The summed E-state index contributed by atoms with van der Waals surface area (Å²) in [5, 5.41) is 10.4. The van der Waals surface area contributed by atoms with Gasteiger partial charge in [-0.3, -0.25) is 10.1 Å². The number of rotatable bonds is 3. The predicted octanol–water partition coefficient (Wildman–Crippen LogP) is 2.70. The SMILES string of the molecule is COc1ncc([N+](=O)[O-])c(Br)c1C(F)F. The average molecular weight is 283 g/mol. The maximum atomic E-state index is 12.5. The molecule has 8 heteroatoms. The van der Waals surface area contributed by atoms with Gasteiger partial charge in [0.05, 0.1) is 12.0 Å². The van der Waals surface area contributed by atoms with Crippen LogP contribution in [0.5, 0.6) is 5.88 Å². The summed E-state index contributed by atoms with van der Waals surface area (Å²) >= 11 is 2.73. The van der Waals surface area contributed by atoms with E-state index in [1.807, 2.05) is 0 Å². The summed E-state index contributed by atoms with van der Waals surface area (Å²) in [6.07, 6.45) is -2.05. The molecule has 0 unspecified atom stereocenters. The zero-order chi connectivity index (χ0) is 11.6. The van der Waals surface area contributed by atoms with Crippen LogP contribution >= 0.6 is 15.9 Å². The van der Waals surface area contributed by atoms with Crippen molar-refractivity contribution in [1.29, 1.82) is 0 Å². The molecule has 0 aliphatic rings. The highest BCUT2D eigenvalue weighted by Gasteiger charge is 2.26. The molecule has 5 nitrogen and oxygen atoms in total. The molecule has 0 N–H and O–H groups in total. The molecule has 0 radical (unpaired) electrons. The van der Waals surface area contributed by atoms with E-state index in [0.717, 1.165) is 13.3 Å². The van der Waals surface area contributed by atoms with Crippen LogP contribution in [0.3, 0.4) is 0 Å². The molecule has 1 heterocycles. The Morgan fingerprint density at radius 2 is 2.27 bits per heavy atom. The third-order valence-corrected chi connectivity index (χ3v) is 2.44. The first kappa shape index (κ1) is 11.8. The number of nitro groups is 1. The van der Waals surface area contributed by atoms with Gasteiger partial charge >= 0.3 is 5.69 Å². The molecule has 1 rings (SSSR count). The summed E-state index contributed by atoms with van der Waals surface area (Å²) in [5.74, 6) is -0.331. The molecule has 0 aliphatic carbocycles. The molecule has 1 aromatic rings. The van der Waals surface area contributed by atoms with Gasteiger partial charge in [0.2, 0.25) is 5.88 Å². The average Bonchev–Trinajstić information content (AvgIpc) is 2.15. The van der Waals surface area contributed by atoms with E-state index in [-0.39, 0.29) is 10.4 Å². The maximum Gasteiger partial charge on any atom is 0.302 e. The standard InChI is InChI=1S/C7H5BrF2N2O3/c1-15-7-4(6(9)10)5(8)3(2-11-7)12(13)14/h2,6H,1H3. The van der Waals surface area contributed by atoms with Crippen LogP contribution in [0.1, 0.15) is 12.0 Å². The van der Waals surface area contributed by atoms with Crippen molar-refractivity contribution in [2.24, 2.45) is 0 Å². The number of nitrogens with zero attached hydrogens (tertiary/aromatic N) is 2. The Morgan fingerprint density at radius 1 is 1.67 bits per heavy atom. The first-order valence-electron chi connectivity index (χ1n) is 3.64. The highest BCUT2D eigenvalue weighted by molar-refractivity contribution is 9.10. The van der Waals surface area contributed by atoms with Gasteiger partial charge < -0.3 is 4.74 Å². The third-order valence-electron chi connectivity index (χ3n) is 1.60. The van der Waals surface area contributed by atoms with Crippen molar-refractivity contribution < 1.29 is 18.4 Å². The molecule has 0 aromatic carbocycles. The maximum absolute atomic E-state index is 12.5. The van der Waals surface area contributed by atoms with Gasteiger partial charge in [-0.05, 0) is 15.9 Å². The number of aromatic nitrogens is 1. The lowest BCUT2D eigenvalue weighted by Crippen LogP contribution is -2.00. The lowest BCUT2D eigenvalue weighted by Gasteiger charge is -2.08. The van der Waals surface area contributed by atoms with E-state index in [1.54, 1.807) is 0 Å². The van der Waals surface area contributed by atoms with Gasteiger partial charge in [-0.15, -0.1) is 0 Å². The van der Waals surface area contributed by atoms with E-state index < -0.39 is 22.6 Å². The lowest BCUT2D eigenvalue weighted by atomic mass is 10.2. The molecule has 0 saturated carbocycles. The van der Waals surface area contributed by atoms with Crippen molar-refractivity contribution in [2.75, 3.05) is 7.11 Å². The van der Waals surface area contributed by atoms with Crippen LogP contribution in [0, 0.1) is 10.1 Å². The molecular weight excluding hydrogens is 278 g/mol. The molecule has 0 fully saturated rings. The van der Waals surface area contributed by atoms with Gasteiger partial charge in [-0.25, -0.2) is 13.8 Å². The van der Waals surface area contributed by atoms with Gasteiger partial charge in [-0.1, -0.05) is 0 Å². The van der Waals surface area contributed by atoms with E-state index >= 15 is 0 Å². The molecule has 0 saturated heterocycles. The number of hydrogen-bond acceptors (Lipinski definition) is 4. The van der Waals surface area contributed by atoms with Crippen LogP contribution in [-0.4, -0.2) is 17.0 Å². The summed E-state index contributed by atoms with van der Waals surface area (Å²) in [7, 11) is 1.16. The van der Waals surface area contributed by atoms with Crippen molar-refractivity contribution in [1.82, 2.24) is 4.98 Å². The topological polar surface area (TPSA) is 65.3 Å². The monoisotopic (exact) mass is 282 g/mol. The van der Waals surface area contributed by atoms with E-state index in [2.05, 4.69) is 25.7 Å². The number of pyridine rings is 1. The lowest BCUT2D eigenvalue weighted by molar-refractivity contribution is -0.386. The molecule has 1 aromatic heterocycles. The molecule has 0 bridgehead atoms. The van der Waals surface area contributed by atoms with Gasteiger partial charge in [0.25, 0.3) is 6.43 Å². The molecule has 82 valence electrons. The Balaban J connectivity index is 3.42. The molecule has 15 heavy (non-hydrogen) atoms. The fourth-order valence-corrected chi connectivity index (χ4v) is 1.55. The Labute approximate surface area is 91.3 Å². The second-order valence-electron chi connectivity index (χ2n) is 2.44. The molecule has 0 atom stereocenters. The Kier molecular flexibility index (Phi) is 3.51. The Bertz CT molecular complexity index is 400. The van der Waals surface area contributed by atoms with Crippen molar-refractivity contribution in [3.63, 3.8) is 0 Å². The second-order valence-corrected chi connectivity index (χ2v) is 3.23. The zero-order valence-electron chi connectivity index (χ0n) is 7.41. The quantitative estimate of drug-likeness (QED) is 0.632. The minimum Gasteiger partial charge on any atom is -0.481 e. The predicted molar refractivity (Wildman–Crippen MR) is 50.1 cm³/mol.